The average Bonchev–Trinajstić information content (AvgIpc) is 2.26. The van der Waals surface area contributed by atoms with Crippen LogP contribution in [0.15, 0.2) is 24.3 Å². The van der Waals surface area contributed by atoms with Crippen LogP contribution < -0.4 is 10.5 Å². The van der Waals surface area contributed by atoms with E-state index in [1.54, 1.807) is 12.1 Å². The molecule has 0 saturated carbocycles. The molecule has 0 aliphatic heterocycles. The van der Waals surface area contributed by atoms with Crippen LogP contribution in [0.25, 0.3) is 0 Å². The van der Waals surface area contributed by atoms with Crippen LogP contribution in [-0.4, -0.2) is 6.61 Å². The predicted octanol–water partition coefficient (Wildman–Crippen LogP) is 3.90. The Balaban J connectivity index is 0.00000256. The summed E-state index contributed by atoms with van der Waals surface area (Å²) in [5, 5.41) is 0. The van der Waals surface area contributed by atoms with E-state index in [9.17, 15) is 8.78 Å². The minimum absolute atomic E-state index is 0. The van der Waals surface area contributed by atoms with Crippen LogP contribution in [-0.2, 0) is 0 Å². The van der Waals surface area contributed by atoms with Gasteiger partial charge in [0.25, 0.3) is 0 Å². The van der Waals surface area contributed by atoms with E-state index in [1.807, 2.05) is 0 Å². The molecule has 0 spiro atoms. The monoisotopic (exact) mass is 265 g/mol. The number of hydrogen-bond donors (Lipinski definition) is 1. The smallest absolute Gasteiger partial charge is 0.387 e. The molecule has 1 rings (SSSR count). The van der Waals surface area contributed by atoms with E-state index in [-0.39, 0.29) is 24.2 Å². The Labute approximate surface area is 107 Å². The van der Waals surface area contributed by atoms with Crippen LogP contribution in [0.1, 0.15) is 37.8 Å². The number of alkyl halides is 2. The summed E-state index contributed by atoms with van der Waals surface area (Å²) < 4.78 is 28.1. The average molecular weight is 266 g/mol. The molecular formula is C12H18ClF2NO. The van der Waals surface area contributed by atoms with E-state index >= 15 is 0 Å². The van der Waals surface area contributed by atoms with E-state index in [0.29, 0.717) is 0 Å². The third-order valence-corrected chi connectivity index (χ3v) is 2.40. The van der Waals surface area contributed by atoms with Crippen molar-refractivity contribution in [2.24, 2.45) is 5.73 Å². The first-order valence-corrected chi connectivity index (χ1v) is 5.43. The Kier molecular flexibility index (Phi) is 7.83. The number of halogens is 3. The first kappa shape index (κ1) is 16.1. The number of hydrogen-bond acceptors (Lipinski definition) is 2. The molecule has 0 heterocycles. The van der Waals surface area contributed by atoms with E-state index < -0.39 is 6.61 Å². The quantitative estimate of drug-likeness (QED) is 0.847. The van der Waals surface area contributed by atoms with Crippen molar-refractivity contribution in [2.45, 2.75) is 38.8 Å². The standard InChI is InChI=1S/C12H17F2NO.ClH/c1-2-3-4-11(15)9-5-7-10(8-6-9)16-12(13)14;/h5-8,11-12H,2-4,15H2,1H3;1H/t11-;/m1./s1. The molecule has 1 aromatic carbocycles. The lowest BCUT2D eigenvalue weighted by atomic mass is 10.0. The first-order valence-electron chi connectivity index (χ1n) is 5.43. The molecule has 0 aliphatic carbocycles. The third-order valence-electron chi connectivity index (χ3n) is 2.40. The van der Waals surface area contributed by atoms with Crippen molar-refractivity contribution in [3.05, 3.63) is 29.8 Å². The van der Waals surface area contributed by atoms with Gasteiger partial charge in [-0.15, -0.1) is 12.4 Å². The second kappa shape index (κ2) is 8.25. The molecule has 1 aromatic rings. The molecule has 0 bridgehead atoms. The Morgan fingerprint density at radius 1 is 1.24 bits per heavy atom. The molecule has 98 valence electrons. The van der Waals surface area contributed by atoms with Gasteiger partial charge in [0.1, 0.15) is 5.75 Å². The zero-order valence-corrected chi connectivity index (χ0v) is 10.6. The Morgan fingerprint density at radius 3 is 2.29 bits per heavy atom. The summed E-state index contributed by atoms with van der Waals surface area (Å²) >= 11 is 0. The van der Waals surface area contributed by atoms with Gasteiger partial charge in [0, 0.05) is 6.04 Å². The molecule has 2 nitrogen and oxygen atoms in total. The van der Waals surface area contributed by atoms with Crippen molar-refractivity contribution in [1.29, 1.82) is 0 Å². The van der Waals surface area contributed by atoms with Crippen LogP contribution in [0.5, 0.6) is 5.75 Å². The second-order valence-corrected chi connectivity index (χ2v) is 3.70. The summed E-state index contributed by atoms with van der Waals surface area (Å²) in [6, 6.07) is 6.48. The molecular weight excluding hydrogens is 248 g/mol. The summed E-state index contributed by atoms with van der Waals surface area (Å²) in [6.45, 7) is -0.675. The summed E-state index contributed by atoms with van der Waals surface area (Å²) in [4.78, 5) is 0. The highest BCUT2D eigenvalue weighted by Crippen LogP contribution is 2.21. The normalized spacial score (nSPS) is 12.1. The highest BCUT2D eigenvalue weighted by atomic mass is 35.5. The van der Waals surface area contributed by atoms with E-state index in [1.165, 1.54) is 12.1 Å². The van der Waals surface area contributed by atoms with Crippen LogP contribution >= 0.6 is 12.4 Å². The molecule has 2 N–H and O–H groups in total. The zero-order chi connectivity index (χ0) is 12.0. The Hall–Kier alpha value is -0.870. The van der Waals surface area contributed by atoms with Gasteiger partial charge in [0.05, 0.1) is 0 Å². The number of rotatable bonds is 6. The molecule has 1 atom stereocenters. The number of benzene rings is 1. The van der Waals surface area contributed by atoms with Gasteiger partial charge in [0.2, 0.25) is 0 Å². The second-order valence-electron chi connectivity index (χ2n) is 3.70. The maximum atomic E-state index is 11.9. The van der Waals surface area contributed by atoms with Gasteiger partial charge in [-0.3, -0.25) is 0 Å². The lowest BCUT2D eigenvalue weighted by Gasteiger charge is -2.12. The van der Waals surface area contributed by atoms with Gasteiger partial charge in [0.15, 0.2) is 0 Å². The minimum Gasteiger partial charge on any atom is -0.435 e. The van der Waals surface area contributed by atoms with Crippen LogP contribution in [0, 0.1) is 0 Å². The SMILES string of the molecule is CCCC[C@@H](N)c1ccc(OC(F)F)cc1.Cl. The summed E-state index contributed by atoms with van der Waals surface area (Å²) in [5.41, 5.74) is 6.90. The van der Waals surface area contributed by atoms with Crippen molar-refractivity contribution in [3.63, 3.8) is 0 Å². The van der Waals surface area contributed by atoms with Crippen LogP contribution in [0.2, 0.25) is 0 Å². The number of ether oxygens (including phenoxy) is 1. The fraction of sp³-hybridized carbons (Fsp3) is 0.500. The van der Waals surface area contributed by atoms with E-state index in [4.69, 9.17) is 5.73 Å². The maximum Gasteiger partial charge on any atom is 0.387 e. The highest BCUT2D eigenvalue weighted by Gasteiger charge is 2.07. The molecule has 17 heavy (non-hydrogen) atoms. The van der Waals surface area contributed by atoms with E-state index in [0.717, 1.165) is 24.8 Å². The highest BCUT2D eigenvalue weighted by molar-refractivity contribution is 5.85. The predicted molar refractivity (Wildman–Crippen MR) is 66.8 cm³/mol. The molecule has 0 aliphatic rings. The molecule has 0 saturated heterocycles. The lowest BCUT2D eigenvalue weighted by molar-refractivity contribution is -0.0498. The minimum atomic E-state index is -2.78. The van der Waals surface area contributed by atoms with Gasteiger partial charge in [-0.1, -0.05) is 31.9 Å². The third kappa shape index (κ3) is 5.84. The number of nitrogens with two attached hydrogens (primary N) is 1. The summed E-state index contributed by atoms with van der Waals surface area (Å²) in [5.74, 6) is 0.168. The molecule has 0 radical (unpaired) electrons. The van der Waals surface area contributed by atoms with Crippen molar-refractivity contribution in [3.8, 4) is 5.75 Å². The molecule has 0 unspecified atom stereocenters. The van der Waals surface area contributed by atoms with Gasteiger partial charge < -0.3 is 10.5 Å². The topological polar surface area (TPSA) is 35.2 Å². The fourth-order valence-electron chi connectivity index (χ4n) is 1.49. The van der Waals surface area contributed by atoms with Gasteiger partial charge in [-0.05, 0) is 24.1 Å². The number of unbranched alkanes of at least 4 members (excludes halogenated alkanes) is 1. The molecule has 0 aromatic heterocycles. The van der Waals surface area contributed by atoms with Crippen molar-refractivity contribution < 1.29 is 13.5 Å². The van der Waals surface area contributed by atoms with Crippen LogP contribution in [0.3, 0.4) is 0 Å². The zero-order valence-electron chi connectivity index (χ0n) is 9.74. The molecule has 0 fully saturated rings. The van der Waals surface area contributed by atoms with Crippen molar-refractivity contribution in [1.82, 2.24) is 0 Å². The summed E-state index contributed by atoms with van der Waals surface area (Å²) in [7, 11) is 0. The van der Waals surface area contributed by atoms with Crippen molar-refractivity contribution in [2.75, 3.05) is 0 Å². The van der Waals surface area contributed by atoms with Crippen molar-refractivity contribution >= 4 is 12.4 Å². The van der Waals surface area contributed by atoms with Gasteiger partial charge in [-0.2, -0.15) is 8.78 Å². The Morgan fingerprint density at radius 2 is 1.82 bits per heavy atom. The van der Waals surface area contributed by atoms with Gasteiger partial charge in [-0.25, -0.2) is 0 Å². The summed E-state index contributed by atoms with van der Waals surface area (Å²) in [6.07, 6.45) is 3.07. The van der Waals surface area contributed by atoms with Crippen LogP contribution in [0.4, 0.5) is 8.78 Å². The maximum absolute atomic E-state index is 11.9. The fourth-order valence-corrected chi connectivity index (χ4v) is 1.49. The molecule has 5 heteroatoms. The lowest BCUT2D eigenvalue weighted by Crippen LogP contribution is -2.10. The van der Waals surface area contributed by atoms with Gasteiger partial charge >= 0.3 is 6.61 Å². The Bertz CT molecular complexity index is 306. The van der Waals surface area contributed by atoms with E-state index in [2.05, 4.69) is 11.7 Å². The molecule has 0 amide bonds. The largest absolute Gasteiger partial charge is 0.435 e. The first-order chi connectivity index (χ1) is 7.63.